The summed E-state index contributed by atoms with van der Waals surface area (Å²) in [6, 6.07) is 0. The van der Waals surface area contributed by atoms with Gasteiger partial charge in [-0.3, -0.25) is 9.59 Å². The van der Waals surface area contributed by atoms with Gasteiger partial charge >= 0.3 is 5.97 Å². The Morgan fingerprint density at radius 2 is 1.47 bits per heavy atom. The van der Waals surface area contributed by atoms with E-state index in [4.69, 9.17) is 20.4 Å². The lowest BCUT2D eigenvalue weighted by molar-refractivity contribution is -0.141. The van der Waals surface area contributed by atoms with Gasteiger partial charge < -0.3 is 20.4 Å². The lowest BCUT2D eigenvalue weighted by Crippen LogP contribution is -2.21. The fourth-order valence-electron chi connectivity index (χ4n) is 1.31. The summed E-state index contributed by atoms with van der Waals surface area (Å²) in [5.41, 5.74) is 0. The highest BCUT2D eigenvalue weighted by Gasteiger charge is 2.16. The molecule has 1 atom stereocenters. The van der Waals surface area contributed by atoms with Crippen LogP contribution in [0.2, 0.25) is 0 Å². The molecule has 7 heteroatoms. The molecule has 0 aromatic heterocycles. The Hall–Kier alpha value is -0.630. The third kappa shape index (κ3) is 9.11. The summed E-state index contributed by atoms with van der Waals surface area (Å²) in [4.78, 5) is 19.8. The molecule has 1 aliphatic rings. The Balaban J connectivity index is 0.000000302. The van der Waals surface area contributed by atoms with Crippen molar-refractivity contribution < 1.29 is 30.0 Å². The van der Waals surface area contributed by atoms with Crippen LogP contribution in [0.5, 0.6) is 0 Å². The summed E-state index contributed by atoms with van der Waals surface area (Å²) >= 11 is 3.22. The maximum absolute atomic E-state index is 10.0. The summed E-state index contributed by atoms with van der Waals surface area (Å²) in [6.45, 7) is 0. The Morgan fingerprint density at radius 3 is 1.65 bits per heavy atom. The molecule has 1 aliphatic carbocycles. The van der Waals surface area contributed by atoms with Crippen molar-refractivity contribution >= 4 is 23.7 Å². The normalized spacial score (nSPS) is 25.4. The maximum Gasteiger partial charge on any atom is 0.306 e. The molecule has 0 aliphatic heterocycles. The van der Waals surface area contributed by atoms with Gasteiger partial charge in [0.2, 0.25) is 5.12 Å². The number of rotatable bonds is 3. The Morgan fingerprint density at radius 1 is 1.12 bits per heavy atom. The second kappa shape index (κ2) is 8.46. The molecule has 1 saturated carbocycles. The maximum atomic E-state index is 10.0. The lowest BCUT2D eigenvalue weighted by atomic mass is 9.95. The van der Waals surface area contributed by atoms with Gasteiger partial charge in [0.05, 0.1) is 18.6 Å². The molecule has 0 saturated heterocycles. The fraction of sp³-hybridized carbons (Fsp3) is 0.800. The zero-order valence-electron chi connectivity index (χ0n) is 9.32. The number of aliphatic hydroxyl groups excluding tert-OH is 3. The van der Waals surface area contributed by atoms with Gasteiger partial charge in [0.25, 0.3) is 0 Å². The van der Waals surface area contributed by atoms with Crippen LogP contribution in [0.15, 0.2) is 0 Å². The molecular formula is C10H18O6S. The van der Waals surface area contributed by atoms with Crippen LogP contribution in [0.1, 0.15) is 32.1 Å². The molecule has 0 bridgehead atoms. The highest BCUT2D eigenvalue weighted by Crippen LogP contribution is 2.17. The second-order valence-electron chi connectivity index (χ2n) is 3.91. The first-order valence-corrected chi connectivity index (χ1v) is 5.76. The zero-order chi connectivity index (χ0) is 13.4. The minimum atomic E-state index is -1.48. The minimum Gasteiger partial charge on any atom is -0.481 e. The van der Waals surface area contributed by atoms with Crippen molar-refractivity contribution in [1.82, 2.24) is 0 Å². The average Bonchev–Trinajstić information content (AvgIpc) is 2.22. The SMILES string of the molecule is O=C(O)CC(O)C(=O)S.OC1CCC(O)CC1. The van der Waals surface area contributed by atoms with Crippen LogP contribution < -0.4 is 0 Å². The van der Waals surface area contributed by atoms with Crippen molar-refractivity contribution in [3.63, 3.8) is 0 Å². The number of hydrogen-bond donors (Lipinski definition) is 5. The molecule has 0 aromatic rings. The van der Waals surface area contributed by atoms with Crippen molar-refractivity contribution in [2.45, 2.75) is 50.4 Å². The number of thiol groups is 1. The van der Waals surface area contributed by atoms with E-state index < -0.39 is 23.6 Å². The van der Waals surface area contributed by atoms with E-state index in [2.05, 4.69) is 12.6 Å². The molecule has 1 fully saturated rings. The molecule has 4 N–H and O–H groups in total. The van der Waals surface area contributed by atoms with Crippen LogP contribution in [0.25, 0.3) is 0 Å². The van der Waals surface area contributed by atoms with E-state index in [1.807, 2.05) is 0 Å². The summed E-state index contributed by atoms with van der Waals surface area (Å²) in [5, 5.41) is 33.5. The standard InChI is InChI=1S/C6H12O2.C4H6O4S/c7-5-1-2-6(8)4-3-5;5-2(4(8)9)1-3(6)7/h5-8H,1-4H2;2,5H,1H2,(H,6,7)(H,8,9). The smallest absolute Gasteiger partial charge is 0.306 e. The average molecular weight is 266 g/mol. The van der Waals surface area contributed by atoms with E-state index in [0.717, 1.165) is 25.7 Å². The molecule has 1 unspecified atom stereocenters. The summed E-state index contributed by atoms with van der Waals surface area (Å²) < 4.78 is 0. The first kappa shape index (κ1) is 16.4. The highest BCUT2D eigenvalue weighted by molar-refractivity contribution is 7.96. The van der Waals surface area contributed by atoms with Crippen LogP contribution in [0.3, 0.4) is 0 Å². The molecule has 0 amide bonds. The highest BCUT2D eigenvalue weighted by atomic mass is 32.1. The quantitative estimate of drug-likeness (QED) is 0.442. The number of carbonyl (C=O) groups is 2. The van der Waals surface area contributed by atoms with Crippen molar-refractivity contribution in [3.05, 3.63) is 0 Å². The van der Waals surface area contributed by atoms with Gasteiger partial charge in [-0.2, -0.15) is 0 Å². The number of aliphatic carboxylic acids is 1. The van der Waals surface area contributed by atoms with E-state index >= 15 is 0 Å². The van der Waals surface area contributed by atoms with E-state index in [1.165, 1.54) is 0 Å². The van der Waals surface area contributed by atoms with Crippen LogP contribution in [0.4, 0.5) is 0 Å². The number of carbonyl (C=O) groups excluding carboxylic acids is 1. The van der Waals surface area contributed by atoms with E-state index in [0.29, 0.717) is 0 Å². The van der Waals surface area contributed by atoms with Crippen LogP contribution in [0, 0.1) is 0 Å². The molecule has 6 nitrogen and oxygen atoms in total. The third-order valence-electron chi connectivity index (χ3n) is 2.32. The van der Waals surface area contributed by atoms with Crippen molar-refractivity contribution in [2.75, 3.05) is 0 Å². The summed E-state index contributed by atoms with van der Waals surface area (Å²) in [5.74, 6) is -1.22. The van der Waals surface area contributed by atoms with E-state index in [1.54, 1.807) is 0 Å². The molecule has 0 heterocycles. The number of hydrogen-bond acceptors (Lipinski definition) is 5. The Labute approximate surface area is 105 Å². The minimum absolute atomic E-state index is 0.140. The van der Waals surface area contributed by atoms with Gasteiger partial charge in [-0.25, -0.2) is 0 Å². The Bertz CT molecular complexity index is 239. The van der Waals surface area contributed by atoms with Gasteiger partial charge in [0.1, 0.15) is 6.10 Å². The summed E-state index contributed by atoms with van der Waals surface area (Å²) in [7, 11) is 0. The van der Waals surface area contributed by atoms with E-state index in [-0.39, 0.29) is 12.2 Å². The number of carboxylic acid groups (broad SMARTS) is 1. The second-order valence-corrected chi connectivity index (χ2v) is 4.36. The predicted molar refractivity (Wildman–Crippen MR) is 62.7 cm³/mol. The van der Waals surface area contributed by atoms with Gasteiger partial charge in [-0.15, -0.1) is 12.6 Å². The molecule has 0 aromatic carbocycles. The van der Waals surface area contributed by atoms with Gasteiger partial charge in [-0.05, 0) is 25.7 Å². The van der Waals surface area contributed by atoms with Crippen LogP contribution in [-0.2, 0) is 9.59 Å². The Kier molecular flexibility index (Phi) is 8.15. The van der Waals surface area contributed by atoms with Gasteiger partial charge in [0.15, 0.2) is 0 Å². The van der Waals surface area contributed by atoms with Crippen molar-refractivity contribution in [2.24, 2.45) is 0 Å². The molecule has 0 spiro atoms. The molecule has 0 radical (unpaired) electrons. The molecule has 100 valence electrons. The molecule has 1 rings (SSSR count). The third-order valence-corrected chi connectivity index (χ3v) is 2.62. The first-order chi connectivity index (χ1) is 7.82. The monoisotopic (exact) mass is 266 g/mol. The van der Waals surface area contributed by atoms with Crippen LogP contribution in [-0.4, -0.2) is 49.8 Å². The number of carboxylic acids is 1. The predicted octanol–water partition coefficient (Wildman–Crippen LogP) is -0.439. The lowest BCUT2D eigenvalue weighted by Gasteiger charge is -2.20. The van der Waals surface area contributed by atoms with Crippen molar-refractivity contribution in [1.29, 1.82) is 0 Å². The largest absolute Gasteiger partial charge is 0.481 e. The molecule has 17 heavy (non-hydrogen) atoms. The van der Waals surface area contributed by atoms with Gasteiger partial charge in [-0.1, -0.05) is 0 Å². The summed E-state index contributed by atoms with van der Waals surface area (Å²) in [6.07, 6.45) is 0.773. The number of aliphatic hydroxyl groups is 3. The molecular weight excluding hydrogens is 248 g/mol. The van der Waals surface area contributed by atoms with E-state index in [9.17, 15) is 9.59 Å². The van der Waals surface area contributed by atoms with Crippen LogP contribution >= 0.6 is 12.6 Å². The zero-order valence-corrected chi connectivity index (χ0v) is 10.2. The fourth-order valence-corrected chi connectivity index (χ4v) is 1.40. The van der Waals surface area contributed by atoms with Crippen molar-refractivity contribution in [3.8, 4) is 0 Å². The topological polar surface area (TPSA) is 115 Å². The van der Waals surface area contributed by atoms with Gasteiger partial charge in [0, 0.05) is 0 Å². The first-order valence-electron chi connectivity index (χ1n) is 5.31.